The molecule has 3 aromatic rings. The summed E-state index contributed by atoms with van der Waals surface area (Å²) in [6, 6.07) is 9.52. The second-order valence-corrected chi connectivity index (χ2v) is 14.2. The summed E-state index contributed by atoms with van der Waals surface area (Å²) >= 11 is 5.92. The second kappa shape index (κ2) is 12.0. The van der Waals surface area contributed by atoms with Gasteiger partial charge in [-0.15, -0.1) is 0 Å². The molecule has 0 aliphatic carbocycles. The van der Waals surface area contributed by atoms with Gasteiger partial charge in [0.15, 0.2) is 5.03 Å². The largest absolute Gasteiger partial charge is 0.488 e. The molecule has 0 bridgehead atoms. The van der Waals surface area contributed by atoms with Crippen LogP contribution in [0.5, 0.6) is 5.75 Å². The van der Waals surface area contributed by atoms with Crippen LogP contribution in [0.3, 0.4) is 0 Å². The van der Waals surface area contributed by atoms with Gasteiger partial charge in [0.05, 0.1) is 36.0 Å². The van der Waals surface area contributed by atoms with Gasteiger partial charge in [-0.25, -0.2) is 13.4 Å². The monoisotopic (exact) mass is 625 g/mol. The number of aryl methyl sites for hydroxylation is 1. The van der Waals surface area contributed by atoms with Gasteiger partial charge in [0.25, 0.3) is 15.9 Å². The summed E-state index contributed by atoms with van der Waals surface area (Å²) in [5.74, 6) is -0.654. The Hall–Kier alpha value is -3.17. The van der Waals surface area contributed by atoms with Gasteiger partial charge in [0, 0.05) is 43.5 Å². The van der Waals surface area contributed by atoms with E-state index in [-0.39, 0.29) is 52.5 Å². The molecule has 4 rings (SSSR count). The Morgan fingerprint density at radius 3 is 2.49 bits per heavy atom. The fourth-order valence-electron chi connectivity index (χ4n) is 4.38. The van der Waals surface area contributed by atoms with Crippen LogP contribution >= 0.6 is 11.6 Å². The minimum Gasteiger partial charge on any atom is -0.488 e. The molecule has 0 spiro atoms. The number of sulfonamides is 2. The van der Waals surface area contributed by atoms with Crippen molar-refractivity contribution in [1.82, 2.24) is 18.8 Å². The van der Waals surface area contributed by atoms with E-state index in [1.165, 1.54) is 75.8 Å². The molecular weight excluding hydrogens is 594 g/mol. The Balaban J connectivity index is 1.68. The lowest BCUT2D eigenvalue weighted by Gasteiger charge is -2.38. The molecule has 2 heterocycles. The molecule has 222 valence electrons. The van der Waals surface area contributed by atoms with Crippen molar-refractivity contribution in [3.63, 3.8) is 0 Å². The number of likely N-dealkylation sites (N-methyl/N-ethyl adjacent to an activating group) is 1. The number of imidazole rings is 1. The predicted octanol–water partition coefficient (Wildman–Crippen LogP) is 2.42. The van der Waals surface area contributed by atoms with E-state index in [0.717, 1.165) is 0 Å². The van der Waals surface area contributed by atoms with Crippen molar-refractivity contribution in [3.05, 3.63) is 65.6 Å². The molecule has 2 aromatic carbocycles. The van der Waals surface area contributed by atoms with Crippen molar-refractivity contribution < 1.29 is 31.5 Å². The van der Waals surface area contributed by atoms with Crippen molar-refractivity contribution in [1.29, 1.82) is 0 Å². The number of hydrogen-bond acceptors (Lipinski definition) is 8. The number of aromatic nitrogens is 2. The summed E-state index contributed by atoms with van der Waals surface area (Å²) in [5, 5.41) is 10.1. The van der Waals surface area contributed by atoms with E-state index in [1.807, 2.05) is 6.92 Å². The van der Waals surface area contributed by atoms with Gasteiger partial charge in [-0.3, -0.25) is 9.52 Å². The molecule has 12 nitrogen and oxygen atoms in total. The van der Waals surface area contributed by atoms with E-state index in [0.29, 0.717) is 5.02 Å². The lowest BCUT2D eigenvalue weighted by Crippen LogP contribution is -2.50. The molecular formula is C26H32ClN5O7S2. The highest BCUT2D eigenvalue weighted by Gasteiger charge is 2.35. The first-order valence-corrected chi connectivity index (χ1v) is 16.0. The summed E-state index contributed by atoms with van der Waals surface area (Å²) in [5.41, 5.74) is 0.169. The summed E-state index contributed by atoms with van der Waals surface area (Å²) in [7, 11) is -4.84. The fraction of sp³-hybridized carbons (Fsp3) is 0.385. The number of halogens is 1. The Morgan fingerprint density at radius 1 is 1.20 bits per heavy atom. The highest BCUT2D eigenvalue weighted by Crippen LogP contribution is 2.32. The van der Waals surface area contributed by atoms with Crippen LogP contribution in [-0.2, 0) is 27.1 Å². The van der Waals surface area contributed by atoms with Crippen molar-refractivity contribution >= 4 is 43.2 Å². The number of anilines is 1. The summed E-state index contributed by atoms with van der Waals surface area (Å²) in [6.45, 7) is 3.32. The number of ether oxygens (including phenoxy) is 1. The molecule has 1 aliphatic rings. The van der Waals surface area contributed by atoms with Crippen LogP contribution in [0, 0.1) is 5.92 Å². The smallest absolute Gasteiger partial charge is 0.280 e. The molecule has 1 aliphatic heterocycles. The molecule has 15 heteroatoms. The molecule has 0 unspecified atom stereocenters. The molecule has 1 aromatic heterocycles. The van der Waals surface area contributed by atoms with Crippen LogP contribution in [-0.4, -0.2) is 85.5 Å². The zero-order valence-electron chi connectivity index (χ0n) is 22.9. The summed E-state index contributed by atoms with van der Waals surface area (Å²) in [6.07, 6.45) is 2.00. The number of hydrogen-bond donors (Lipinski definition) is 2. The Bertz CT molecular complexity index is 1630. The number of aliphatic hydroxyl groups is 1. The van der Waals surface area contributed by atoms with Crippen LogP contribution in [0.2, 0.25) is 5.02 Å². The number of carbonyl (C=O) groups is 1. The molecule has 3 atom stereocenters. The number of carbonyl (C=O) groups excluding carboxylic acids is 1. The van der Waals surface area contributed by atoms with Gasteiger partial charge < -0.3 is 19.3 Å². The first-order valence-electron chi connectivity index (χ1n) is 12.7. The topological polar surface area (TPSA) is 151 Å². The van der Waals surface area contributed by atoms with E-state index in [2.05, 4.69) is 9.71 Å². The van der Waals surface area contributed by atoms with Crippen LogP contribution in [0.25, 0.3) is 0 Å². The van der Waals surface area contributed by atoms with Gasteiger partial charge in [-0.1, -0.05) is 18.5 Å². The van der Waals surface area contributed by atoms with Crippen LogP contribution in [0.15, 0.2) is 64.9 Å². The third-order valence-corrected chi connectivity index (χ3v) is 10.2. The van der Waals surface area contributed by atoms with Crippen LogP contribution in [0.1, 0.15) is 24.2 Å². The summed E-state index contributed by atoms with van der Waals surface area (Å²) in [4.78, 5) is 19.1. The lowest BCUT2D eigenvalue weighted by atomic mass is 9.99. The first-order chi connectivity index (χ1) is 19.2. The lowest BCUT2D eigenvalue weighted by molar-refractivity contribution is 0.0387. The molecule has 0 radical (unpaired) electrons. The average molecular weight is 626 g/mol. The average Bonchev–Trinajstić information content (AvgIpc) is 3.38. The number of nitrogens with one attached hydrogen (secondary N) is 1. The Morgan fingerprint density at radius 2 is 1.88 bits per heavy atom. The second-order valence-electron chi connectivity index (χ2n) is 10.1. The third kappa shape index (κ3) is 6.67. The van der Waals surface area contributed by atoms with Gasteiger partial charge in [0.2, 0.25) is 10.0 Å². The van der Waals surface area contributed by atoms with E-state index in [4.69, 9.17) is 16.3 Å². The van der Waals surface area contributed by atoms with Crippen LogP contribution < -0.4 is 9.46 Å². The van der Waals surface area contributed by atoms with E-state index < -0.39 is 38.1 Å². The number of benzene rings is 2. The maximum Gasteiger partial charge on any atom is 0.280 e. The quantitative estimate of drug-likeness (QED) is 0.368. The Kier molecular flexibility index (Phi) is 8.99. The number of rotatable bonds is 9. The fourth-order valence-corrected chi connectivity index (χ4v) is 6.72. The standard InChI is InChI=1S/C26H32ClN5O7S2/c1-17-12-32(18(2)15-33)26(34)22-11-20(29-40(35,36)25-14-30(3)16-28-25)7-10-23(22)39-24(17)13-31(4)41(37,38)21-8-5-19(27)6-9-21/h5-11,14,16-18,24,29,33H,12-13,15H2,1-4H3/t17-,18+,24+/m1/s1. The molecule has 1 amide bonds. The van der Waals surface area contributed by atoms with Crippen molar-refractivity contribution in [2.45, 2.75) is 35.9 Å². The normalized spacial score (nSPS) is 18.8. The minimum absolute atomic E-state index is 0.0465. The zero-order chi connectivity index (χ0) is 30.1. The maximum absolute atomic E-state index is 13.7. The maximum atomic E-state index is 13.7. The highest BCUT2D eigenvalue weighted by atomic mass is 35.5. The first kappa shape index (κ1) is 30.8. The van der Waals surface area contributed by atoms with Gasteiger partial charge in [-0.2, -0.15) is 12.7 Å². The molecule has 0 fully saturated rings. The molecule has 41 heavy (non-hydrogen) atoms. The number of nitrogens with zero attached hydrogens (tertiary/aromatic N) is 4. The van der Waals surface area contributed by atoms with Crippen molar-refractivity contribution in [2.75, 3.05) is 31.5 Å². The summed E-state index contributed by atoms with van der Waals surface area (Å²) < 4.78 is 63.5. The van der Waals surface area contributed by atoms with Gasteiger partial charge in [0.1, 0.15) is 11.9 Å². The predicted molar refractivity (Wildman–Crippen MR) is 153 cm³/mol. The Labute approximate surface area is 244 Å². The van der Waals surface area contributed by atoms with E-state index in [1.54, 1.807) is 14.0 Å². The number of amides is 1. The van der Waals surface area contributed by atoms with Crippen molar-refractivity contribution in [3.8, 4) is 5.75 Å². The highest BCUT2D eigenvalue weighted by molar-refractivity contribution is 7.92. The SMILES string of the molecule is C[C@@H]1CN([C@@H](C)CO)C(=O)c2cc(NS(=O)(=O)c3cn(C)cn3)ccc2O[C@H]1CN(C)S(=O)(=O)c1ccc(Cl)cc1. The van der Waals surface area contributed by atoms with Gasteiger partial charge in [-0.05, 0) is 49.4 Å². The minimum atomic E-state index is -4.04. The number of fused-ring (bicyclic) bond motifs is 1. The van der Waals surface area contributed by atoms with E-state index >= 15 is 0 Å². The van der Waals surface area contributed by atoms with E-state index in [9.17, 15) is 26.7 Å². The molecule has 0 saturated carbocycles. The molecule has 0 saturated heterocycles. The number of aliphatic hydroxyl groups excluding tert-OH is 1. The van der Waals surface area contributed by atoms with Crippen molar-refractivity contribution in [2.24, 2.45) is 13.0 Å². The van der Waals surface area contributed by atoms with Gasteiger partial charge >= 0.3 is 0 Å². The molecule has 2 N–H and O–H groups in total. The zero-order valence-corrected chi connectivity index (χ0v) is 25.3. The van der Waals surface area contributed by atoms with Crippen LogP contribution in [0.4, 0.5) is 5.69 Å². The third-order valence-electron chi connectivity index (χ3n) is 6.83.